The van der Waals surface area contributed by atoms with Crippen molar-refractivity contribution in [1.82, 2.24) is 19.7 Å². The van der Waals surface area contributed by atoms with Gasteiger partial charge >= 0.3 is 0 Å². The third-order valence-electron chi connectivity index (χ3n) is 3.03. The zero-order chi connectivity index (χ0) is 14.0. The van der Waals surface area contributed by atoms with Crippen LogP contribution in [-0.2, 0) is 13.7 Å². The van der Waals surface area contributed by atoms with Gasteiger partial charge in [0.1, 0.15) is 6.33 Å². The molecule has 104 valence electrons. The van der Waals surface area contributed by atoms with E-state index >= 15 is 0 Å². The van der Waals surface area contributed by atoms with E-state index in [1.54, 1.807) is 17.7 Å². The first-order valence-corrected chi connectivity index (χ1v) is 7.53. The van der Waals surface area contributed by atoms with Crippen molar-refractivity contribution in [3.05, 3.63) is 33.5 Å². The summed E-state index contributed by atoms with van der Waals surface area (Å²) in [6, 6.07) is 4.55. The Hall–Kier alpha value is -0.980. The van der Waals surface area contributed by atoms with Crippen molar-refractivity contribution in [3.8, 4) is 0 Å². The molecule has 0 fully saturated rings. The van der Waals surface area contributed by atoms with Gasteiger partial charge in [0.25, 0.3) is 0 Å². The molecule has 1 atom stereocenters. The second kappa shape index (κ2) is 5.56. The van der Waals surface area contributed by atoms with Crippen LogP contribution in [0, 0.1) is 10.2 Å². The quantitative estimate of drug-likeness (QED) is 0.879. The fourth-order valence-electron chi connectivity index (χ4n) is 2.00. The van der Waals surface area contributed by atoms with Crippen molar-refractivity contribution in [3.63, 3.8) is 0 Å². The molecule has 2 aromatic rings. The van der Waals surface area contributed by atoms with E-state index in [-0.39, 0.29) is 11.5 Å². The summed E-state index contributed by atoms with van der Waals surface area (Å²) in [6.45, 7) is 7.34. The van der Waals surface area contributed by atoms with Gasteiger partial charge in [-0.3, -0.25) is 5.32 Å². The summed E-state index contributed by atoms with van der Waals surface area (Å²) in [6.07, 6.45) is 1.74. The van der Waals surface area contributed by atoms with Crippen molar-refractivity contribution in [2.24, 2.45) is 12.5 Å². The number of hydrogen-bond acceptors (Lipinski definition) is 4. The first kappa shape index (κ1) is 14.4. The summed E-state index contributed by atoms with van der Waals surface area (Å²) in [5, 5.41) is 9.94. The summed E-state index contributed by atoms with van der Waals surface area (Å²) in [7, 11) is 1.91. The molecule has 0 aliphatic heterocycles. The van der Waals surface area contributed by atoms with Crippen LogP contribution < -0.4 is 5.32 Å². The van der Waals surface area contributed by atoms with Gasteiger partial charge in [0, 0.05) is 18.0 Å². The maximum Gasteiger partial charge on any atom is 0.198 e. The smallest absolute Gasteiger partial charge is 0.198 e. The molecular formula is C13H20N4S2. The molecule has 2 aromatic heterocycles. The molecule has 0 saturated carbocycles. The van der Waals surface area contributed by atoms with E-state index in [2.05, 4.69) is 48.7 Å². The summed E-state index contributed by atoms with van der Waals surface area (Å²) >= 11 is 7.08. The van der Waals surface area contributed by atoms with Gasteiger partial charge in [0.2, 0.25) is 0 Å². The number of thiophene rings is 1. The number of hydrogen-bond donors (Lipinski definition) is 1. The number of aryl methyl sites for hydroxylation is 1. The van der Waals surface area contributed by atoms with Crippen molar-refractivity contribution in [2.45, 2.75) is 33.5 Å². The Morgan fingerprint density at radius 3 is 2.68 bits per heavy atom. The molecule has 0 aromatic carbocycles. The zero-order valence-corrected chi connectivity index (χ0v) is 13.4. The van der Waals surface area contributed by atoms with Gasteiger partial charge in [-0.2, -0.15) is 5.10 Å². The molecule has 4 nitrogen and oxygen atoms in total. The summed E-state index contributed by atoms with van der Waals surface area (Å²) in [5.41, 5.74) is 0.141. The average molecular weight is 296 g/mol. The lowest BCUT2D eigenvalue weighted by molar-refractivity contribution is 0.255. The highest BCUT2D eigenvalue weighted by atomic mass is 32.1. The van der Waals surface area contributed by atoms with Crippen LogP contribution in [0.15, 0.2) is 23.8 Å². The molecule has 1 N–H and O–H groups in total. The van der Waals surface area contributed by atoms with Gasteiger partial charge in [0.15, 0.2) is 4.77 Å². The van der Waals surface area contributed by atoms with Gasteiger partial charge in [-0.05, 0) is 29.1 Å². The molecule has 0 saturated heterocycles. The Labute approximate surface area is 123 Å². The van der Waals surface area contributed by atoms with E-state index in [4.69, 9.17) is 12.2 Å². The SMILES string of the molecule is Cn1cnn(CN[C@@H](c2cccs2)C(C)(C)C)c1=S. The standard InChI is InChI=1S/C13H20N4S2/c1-13(2,3)11(10-6-5-7-19-10)14-8-17-12(18)16(4)9-15-17/h5-7,9,11,14H,8H2,1-4H3/t11-/m0/s1. The maximum absolute atomic E-state index is 5.30. The van der Waals surface area contributed by atoms with E-state index < -0.39 is 0 Å². The van der Waals surface area contributed by atoms with Crippen molar-refractivity contribution in [2.75, 3.05) is 0 Å². The fraction of sp³-hybridized carbons (Fsp3) is 0.538. The predicted molar refractivity (Wildman–Crippen MR) is 81.7 cm³/mol. The van der Waals surface area contributed by atoms with Crippen LogP contribution in [-0.4, -0.2) is 14.3 Å². The zero-order valence-electron chi connectivity index (χ0n) is 11.8. The monoisotopic (exact) mass is 296 g/mol. The first-order valence-electron chi connectivity index (χ1n) is 6.25. The molecule has 0 amide bonds. The van der Waals surface area contributed by atoms with Crippen molar-refractivity contribution < 1.29 is 0 Å². The van der Waals surface area contributed by atoms with Gasteiger partial charge in [0.05, 0.1) is 6.67 Å². The first-order chi connectivity index (χ1) is 8.89. The van der Waals surface area contributed by atoms with Crippen LogP contribution >= 0.6 is 23.6 Å². The molecule has 0 unspecified atom stereocenters. The lowest BCUT2D eigenvalue weighted by Crippen LogP contribution is -2.33. The highest BCUT2D eigenvalue weighted by Gasteiger charge is 2.26. The Balaban J connectivity index is 2.14. The minimum atomic E-state index is 0.141. The second-order valence-electron chi connectivity index (χ2n) is 5.70. The molecule has 6 heteroatoms. The average Bonchev–Trinajstić information content (AvgIpc) is 2.92. The maximum atomic E-state index is 5.30. The molecule has 2 heterocycles. The third kappa shape index (κ3) is 3.32. The Morgan fingerprint density at radius 2 is 2.21 bits per heavy atom. The molecule has 0 aliphatic carbocycles. The fourth-order valence-corrected chi connectivity index (χ4v) is 3.20. The largest absolute Gasteiger partial charge is 0.310 e. The van der Waals surface area contributed by atoms with Crippen LogP contribution in [0.1, 0.15) is 31.7 Å². The molecule has 0 spiro atoms. The van der Waals surface area contributed by atoms with E-state index in [1.807, 2.05) is 16.3 Å². The van der Waals surface area contributed by atoms with Gasteiger partial charge in [-0.15, -0.1) is 11.3 Å². The molecule has 0 aliphatic rings. The lowest BCUT2D eigenvalue weighted by Gasteiger charge is -2.30. The van der Waals surface area contributed by atoms with Crippen molar-refractivity contribution in [1.29, 1.82) is 0 Å². The van der Waals surface area contributed by atoms with Gasteiger partial charge < -0.3 is 4.57 Å². The summed E-state index contributed by atoms with van der Waals surface area (Å²) in [4.78, 5) is 1.34. The molecular weight excluding hydrogens is 276 g/mol. The molecule has 0 radical (unpaired) electrons. The van der Waals surface area contributed by atoms with Gasteiger partial charge in [-0.25, -0.2) is 4.68 Å². The minimum Gasteiger partial charge on any atom is -0.310 e. The minimum absolute atomic E-state index is 0.141. The Kier molecular flexibility index (Phi) is 4.23. The molecule has 19 heavy (non-hydrogen) atoms. The highest BCUT2D eigenvalue weighted by Crippen LogP contribution is 2.35. The van der Waals surface area contributed by atoms with E-state index in [0.717, 1.165) is 4.77 Å². The highest BCUT2D eigenvalue weighted by molar-refractivity contribution is 7.71. The number of nitrogens with zero attached hydrogens (tertiary/aromatic N) is 3. The lowest BCUT2D eigenvalue weighted by atomic mass is 9.86. The number of aromatic nitrogens is 3. The summed E-state index contributed by atoms with van der Waals surface area (Å²) in [5.74, 6) is 0. The molecule has 0 bridgehead atoms. The second-order valence-corrected chi connectivity index (χ2v) is 7.05. The number of rotatable bonds is 4. The van der Waals surface area contributed by atoms with Crippen LogP contribution in [0.2, 0.25) is 0 Å². The van der Waals surface area contributed by atoms with Crippen LogP contribution in [0.4, 0.5) is 0 Å². The number of nitrogens with one attached hydrogen (secondary N) is 1. The third-order valence-corrected chi connectivity index (χ3v) is 4.46. The Morgan fingerprint density at radius 1 is 1.47 bits per heavy atom. The van der Waals surface area contributed by atoms with E-state index in [9.17, 15) is 0 Å². The van der Waals surface area contributed by atoms with Crippen LogP contribution in [0.5, 0.6) is 0 Å². The normalized spacial score (nSPS) is 13.7. The Bertz CT molecular complexity index is 575. The van der Waals surface area contributed by atoms with E-state index in [1.165, 1.54) is 4.88 Å². The van der Waals surface area contributed by atoms with Crippen LogP contribution in [0.25, 0.3) is 0 Å². The van der Waals surface area contributed by atoms with E-state index in [0.29, 0.717) is 6.67 Å². The predicted octanol–water partition coefficient (Wildman–Crippen LogP) is 3.35. The summed E-state index contributed by atoms with van der Waals surface area (Å²) < 4.78 is 4.38. The van der Waals surface area contributed by atoms with Crippen molar-refractivity contribution >= 4 is 23.6 Å². The van der Waals surface area contributed by atoms with Crippen LogP contribution in [0.3, 0.4) is 0 Å². The van der Waals surface area contributed by atoms with Gasteiger partial charge in [-0.1, -0.05) is 26.8 Å². The molecule has 2 rings (SSSR count). The topological polar surface area (TPSA) is 34.8 Å².